The Balaban J connectivity index is 2.68. The molecule has 0 bridgehead atoms. The van der Waals surface area contributed by atoms with E-state index in [0.29, 0.717) is 15.7 Å². The number of nitrogens with zero attached hydrogens (tertiary/aromatic N) is 1. The van der Waals surface area contributed by atoms with Crippen LogP contribution in [0.25, 0.3) is 5.69 Å². The largest absolute Gasteiger partial charge is 0.477 e. The molecule has 0 amide bonds. The number of benzene rings is 1. The molecule has 0 aliphatic heterocycles. The van der Waals surface area contributed by atoms with Crippen LogP contribution in [-0.4, -0.2) is 15.6 Å². The second-order valence-electron chi connectivity index (χ2n) is 3.14. The van der Waals surface area contributed by atoms with E-state index in [1.165, 1.54) is 10.6 Å². The van der Waals surface area contributed by atoms with Crippen molar-refractivity contribution >= 4 is 29.2 Å². The third-order valence-electron chi connectivity index (χ3n) is 2.15. The summed E-state index contributed by atoms with van der Waals surface area (Å²) in [6.45, 7) is 0. The highest BCUT2D eigenvalue weighted by Crippen LogP contribution is 2.29. The molecule has 3 nitrogen and oxygen atoms in total. The van der Waals surface area contributed by atoms with E-state index in [1.807, 2.05) is 0 Å². The van der Waals surface area contributed by atoms with Gasteiger partial charge in [-0.1, -0.05) is 29.3 Å². The number of para-hydroxylation sites is 1. The van der Waals surface area contributed by atoms with Crippen molar-refractivity contribution in [3.05, 3.63) is 52.3 Å². The van der Waals surface area contributed by atoms with E-state index in [-0.39, 0.29) is 5.69 Å². The lowest BCUT2D eigenvalue weighted by Gasteiger charge is -2.10. The number of halogens is 2. The van der Waals surface area contributed by atoms with Gasteiger partial charge in [-0.05, 0) is 24.3 Å². The lowest BCUT2D eigenvalue weighted by atomic mass is 10.3. The van der Waals surface area contributed by atoms with Crippen LogP contribution < -0.4 is 0 Å². The van der Waals surface area contributed by atoms with Gasteiger partial charge in [0.25, 0.3) is 0 Å². The van der Waals surface area contributed by atoms with Gasteiger partial charge >= 0.3 is 5.97 Å². The van der Waals surface area contributed by atoms with Crippen molar-refractivity contribution in [1.82, 2.24) is 4.57 Å². The lowest BCUT2D eigenvalue weighted by Crippen LogP contribution is -2.06. The van der Waals surface area contributed by atoms with Gasteiger partial charge in [0.05, 0.1) is 15.7 Å². The van der Waals surface area contributed by atoms with Crippen molar-refractivity contribution in [2.24, 2.45) is 0 Å². The van der Waals surface area contributed by atoms with E-state index in [4.69, 9.17) is 28.3 Å². The molecule has 82 valence electrons. The minimum Gasteiger partial charge on any atom is -0.477 e. The number of carboxylic acid groups (broad SMARTS) is 1. The van der Waals surface area contributed by atoms with E-state index in [1.54, 1.807) is 30.5 Å². The second-order valence-corrected chi connectivity index (χ2v) is 3.95. The van der Waals surface area contributed by atoms with Crippen LogP contribution in [0.15, 0.2) is 36.5 Å². The first kappa shape index (κ1) is 11.0. The number of aromatic nitrogens is 1. The molecular weight excluding hydrogens is 249 g/mol. The topological polar surface area (TPSA) is 42.2 Å². The van der Waals surface area contributed by atoms with Crippen LogP contribution in [-0.2, 0) is 0 Å². The SMILES string of the molecule is O=C(O)c1cccn1-c1c(Cl)cccc1Cl. The molecule has 0 atom stereocenters. The summed E-state index contributed by atoms with van der Waals surface area (Å²) < 4.78 is 1.45. The fourth-order valence-electron chi connectivity index (χ4n) is 1.47. The minimum atomic E-state index is -1.03. The average molecular weight is 256 g/mol. The minimum absolute atomic E-state index is 0.120. The Morgan fingerprint density at radius 1 is 1.12 bits per heavy atom. The van der Waals surface area contributed by atoms with Gasteiger partial charge < -0.3 is 9.67 Å². The Morgan fingerprint density at radius 3 is 2.31 bits per heavy atom. The summed E-state index contributed by atoms with van der Waals surface area (Å²) >= 11 is 12.0. The molecule has 0 aliphatic carbocycles. The summed E-state index contributed by atoms with van der Waals surface area (Å²) in [7, 11) is 0. The first-order valence-electron chi connectivity index (χ1n) is 4.46. The molecule has 2 aromatic rings. The van der Waals surface area contributed by atoms with Crippen molar-refractivity contribution in [2.45, 2.75) is 0 Å². The van der Waals surface area contributed by atoms with E-state index >= 15 is 0 Å². The number of rotatable bonds is 2. The Hall–Kier alpha value is -1.45. The van der Waals surface area contributed by atoms with Crippen LogP contribution in [0, 0.1) is 0 Å². The Bertz CT molecular complexity index is 528. The number of hydrogen-bond donors (Lipinski definition) is 1. The zero-order valence-electron chi connectivity index (χ0n) is 8.02. The van der Waals surface area contributed by atoms with Gasteiger partial charge in [0, 0.05) is 6.20 Å². The van der Waals surface area contributed by atoms with Crippen LogP contribution in [0.3, 0.4) is 0 Å². The normalized spacial score (nSPS) is 10.4. The molecule has 0 saturated heterocycles. The fraction of sp³-hybridized carbons (Fsp3) is 0. The van der Waals surface area contributed by atoms with Gasteiger partial charge in [-0.3, -0.25) is 0 Å². The smallest absolute Gasteiger partial charge is 0.352 e. The maximum atomic E-state index is 11.0. The molecule has 0 unspecified atom stereocenters. The predicted molar refractivity (Wildman–Crippen MR) is 62.7 cm³/mol. The van der Waals surface area contributed by atoms with E-state index in [0.717, 1.165) is 0 Å². The molecular formula is C11H7Cl2NO2. The van der Waals surface area contributed by atoms with Gasteiger partial charge in [0.2, 0.25) is 0 Å². The van der Waals surface area contributed by atoms with Gasteiger partial charge in [-0.25, -0.2) is 4.79 Å². The number of aromatic carboxylic acids is 1. The third-order valence-corrected chi connectivity index (χ3v) is 2.76. The highest BCUT2D eigenvalue weighted by atomic mass is 35.5. The number of carboxylic acids is 1. The van der Waals surface area contributed by atoms with Crippen LogP contribution in [0.5, 0.6) is 0 Å². The molecule has 1 aromatic carbocycles. The molecule has 0 fully saturated rings. The maximum Gasteiger partial charge on any atom is 0.352 e. The third kappa shape index (κ3) is 1.79. The summed E-state index contributed by atoms with van der Waals surface area (Å²) in [5.74, 6) is -1.03. The summed E-state index contributed by atoms with van der Waals surface area (Å²) in [6, 6.07) is 8.14. The quantitative estimate of drug-likeness (QED) is 0.893. The molecule has 1 heterocycles. The lowest BCUT2D eigenvalue weighted by molar-refractivity contribution is 0.0688. The maximum absolute atomic E-state index is 11.0. The highest BCUT2D eigenvalue weighted by Gasteiger charge is 2.14. The Morgan fingerprint density at radius 2 is 1.75 bits per heavy atom. The van der Waals surface area contributed by atoms with Crippen LogP contribution in [0.4, 0.5) is 0 Å². The van der Waals surface area contributed by atoms with Crippen molar-refractivity contribution in [1.29, 1.82) is 0 Å². The summed E-state index contributed by atoms with van der Waals surface area (Å²) in [4.78, 5) is 11.0. The highest BCUT2D eigenvalue weighted by molar-refractivity contribution is 6.37. The monoisotopic (exact) mass is 255 g/mol. The molecule has 0 aliphatic rings. The zero-order chi connectivity index (χ0) is 11.7. The summed E-state index contributed by atoms with van der Waals surface area (Å²) in [6.07, 6.45) is 1.61. The standard InChI is InChI=1S/C11H7Cl2NO2/c12-7-3-1-4-8(13)10(7)14-6-2-5-9(14)11(15)16/h1-6H,(H,15,16). The van der Waals surface area contributed by atoms with E-state index in [9.17, 15) is 4.79 Å². The van der Waals surface area contributed by atoms with Crippen LogP contribution in [0.1, 0.15) is 10.5 Å². The van der Waals surface area contributed by atoms with Crippen LogP contribution in [0.2, 0.25) is 10.0 Å². The zero-order valence-corrected chi connectivity index (χ0v) is 9.53. The molecule has 0 spiro atoms. The van der Waals surface area contributed by atoms with Gasteiger partial charge in [0.1, 0.15) is 5.69 Å². The first-order chi connectivity index (χ1) is 7.61. The van der Waals surface area contributed by atoms with Crippen LogP contribution >= 0.6 is 23.2 Å². The number of hydrogen-bond acceptors (Lipinski definition) is 1. The molecule has 0 radical (unpaired) electrons. The summed E-state index contributed by atoms with van der Waals surface area (Å²) in [5.41, 5.74) is 0.600. The van der Waals surface area contributed by atoms with Crippen molar-refractivity contribution in [3.8, 4) is 5.69 Å². The fourth-order valence-corrected chi connectivity index (χ4v) is 2.05. The van der Waals surface area contributed by atoms with Crippen molar-refractivity contribution < 1.29 is 9.90 Å². The molecule has 1 N–H and O–H groups in total. The van der Waals surface area contributed by atoms with E-state index in [2.05, 4.69) is 0 Å². The van der Waals surface area contributed by atoms with Crippen molar-refractivity contribution in [2.75, 3.05) is 0 Å². The average Bonchev–Trinajstić information content (AvgIpc) is 2.66. The van der Waals surface area contributed by atoms with Gasteiger partial charge in [-0.2, -0.15) is 0 Å². The van der Waals surface area contributed by atoms with Crippen molar-refractivity contribution in [3.63, 3.8) is 0 Å². The van der Waals surface area contributed by atoms with Gasteiger partial charge in [0.15, 0.2) is 0 Å². The molecule has 16 heavy (non-hydrogen) atoms. The number of carbonyl (C=O) groups is 1. The predicted octanol–water partition coefficient (Wildman–Crippen LogP) is 3.48. The summed E-state index contributed by atoms with van der Waals surface area (Å²) in [5, 5.41) is 9.81. The molecule has 0 saturated carbocycles. The Labute approximate surface area is 102 Å². The second kappa shape index (κ2) is 4.20. The molecule has 2 rings (SSSR count). The first-order valence-corrected chi connectivity index (χ1v) is 5.22. The molecule has 1 aromatic heterocycles. The van der Waals surface area contributed by atoms with Gasteiger partial charge in [-0.15, -0.1) is 0 Å². The van der Waals surface area contributed by atoms with E-state index < -0.39 is 5.97 Å². The Kier molecular flexibility index (Phi) is 2.90. The molecule has 5 heteroatoms.